The molecule has 1 aliphatic heterocycles. The van der Waals surface area contributed by atoms with E-state index in [0.717, 1.165) is 18.4 Å². The molecule has 1 aliphatic rings. The van der Waals surface area contributed by atoms with Gasteiger partial charge in [0.05, 0.1) is 11.0 Å². The number of nitrogens with zero attached hydrogens (tertiary/aromatic N) is 4. The first-order valence-electron chi connectivity index (χ1n) is 9.33. The van der Waals surface area contributed by atoms with Crippen molar-refractivity contribution in [1.82, 2.24) is 18.0 Å². The number of imidazole rings is 1. The van der Waals surface area contributed by atoms with E-state index in [-0.39, 0.29) is 16.3 Å². The van der Waals surface area contributed by atoms with Gasteiger partial charge in [-0.1, -0.05) is 0 Å². The number of benzene rings is 1. The molecule has 3 heterocycles. The highest BCUT2D eigenvalue weighted by Gasteiger charge is 2.29. The summed E-state index contributed by atoms with van der Waals surface area (Å²) in [4.78, 5) is 25.0. The molecule has 2 aromatic heterocycles. The molecular formula is C19H23N5O4S. The van der Waals surface area contributed by atoms with Crippen molar-refractivity contribution in [2.45, 2.75) is 17.7 Å². The van der Waals surface area contributed by atoms with Crippen molar-refractivity contribution in [2.24, 2.45) is 21.1 Å². The lowest BCUT2D eigenvalue weighted by Gasteiger charge is -2.13. The lowest BCUT2D eigenvalue weighted by atomic mass is 10.2. The van der Waals surface area contributed by atoms with Crippen LogP contribution in [0.4, 0.5) is 5.69 Å². The maximum absolute atomic E-state index is 12.8. The molecule has 0 radical (unpaired) electrons. The summed E-state index contributed by atoms with van der Waals surface area (Å²) in [5.41, 5.74) is 2.06. The van der Waals surface area contributed by atoms with E-state index in [0.29, 0.717) is 24.3 Å². The summed E-state index contributed by atoms with van der Waals surface area (Å²) in [6.45, 7) is 1.02. The fourth-order valence-corrected chi connectivity index (χ4v) is 5.35. The Morgan fingerprint density at radius 1 is 1.00 bits per heavy atom. The van der Waals surface area contributed by atoms with Crippen LogP contribution in [0.5, 0.6) is 0 Å². The fourth-order valence-electron chi connectivity index (χ4n) is 3.76. The summed E-state index contributed by atoms with van der Waals surface area (Å²) < 4.78 is 31.5. The van der Waals surface area contributed by atoms with Gasteiger partial charge in [-0.25, -0.2) is 13.2 Å². The number of hydrogen-bond donors (Lipinski definition) is 1. The minimum absolute atomic E-state index is 0.118. The molecule has 0 atom stereocenters. The normalized spacial score (nSPS) is 15.3. The van der Waals surface area contributed by atoms with E-state index in [4.69, 9.17) is 0 Å². The number of aryl methyl sites for hydroxylation is 3. The van der Waals surface area contributed by atoms with E-state index >= 15 is 0 Å². The van der Waals surface area contributed by atoms with Crippen LogP contribution in [0.3, 0.4) is 0 Å². The number of fused-ring (bicyclic) bond motifs is 1. The van der Waals surface area contributed by atoms with Crippen LogP contribution in [-0.2, 0) is 31.2 Å². The zero-order chi connectivity index (χ0) is 20.9. The van der Waals surface area contributed by atoms with E-state index < -0.39 is 15.9 Å². The smallest absolute Gasteiger partial charge is 0.328 e. The van der Waals surface area contributed by atoms with Gasteiger partial charge < -0.3 is 9.88 Å². The minimum atomic E-state index is -3.59. The van der Waals surface area contributed by atoms with Crippen LogP contribution in [0.25, 0.3) is 11.0 Å². The highest BCUT2D eigenvalue weighted by atomic mass is 32.2. The molecule has 0 unspecified atom stereocenters. The summed E-state index contributed by atoms with van der Waals surface area (Å²) in [5, 5.41) is 2.79. The van der Waals surface area contributed by atoms with E-state index in [9.17, 15) is 18.0 Å². The minimum Gasteiger partial charge on any atom is -0.345 e. The Morgan fingerprint density at radius 3 is 2.34 bits per heavy atom. The molecule has 9 nitrogen and oxygen atoms in total. The Morgan fingerprint density at radius 2 is 1.66 bits per heavy atom. The van der Waals surface area contributed by atoms with Crippen LogP contribution in [0.2, 0.25) is 0 Å². The second kappa shape index (κ2) is 6.89. The number of anilines is 1. The number of amides is 1. The number of hydrogen-bond acceptors (Lipinski definition) is 4. The summed E-state index contributed by atoms with van der Waals surface area (Å²) in [6.07, 6.45) is 3.17. The fraction of sp³-hybridized carbons (Fsp3) is 0.368. The maximum Gasteiger partial charge on any atom is 0.328 e. The first-order chi connectivity index (χ1) is 13.7. The van der Waals surface area contributed by atoms with Gasteiger partial charge in [-0.05, 0) is 37.1 Å². The number of carbonyl (C=O) groups excluding carboxylic acids is 1. The van der Waals surface area contributed by atoms with Gasteiger partial charge in [-0.3, -0.25) is 13.9 Å². The third-order valence-electron chi connectivity index (χ3n) is 5.45. The third-order valence-corrected chi connectivity index (χ3v) is 7.31. The van der Waals surface area contributed by atoms with Crippen LogP contribution in [0.15, 0.2) is 40.2 Å². The zero-order valence-electron chi connectivity index (χ0n) is 16.5. The highest BCUT2D eigenvalue weighted by molar-refractivity contribution is 7.89. The van der Waals surface area contributed by atoms with Gasteiger partial charge >= 0.3 is 5.69 Å². The molecule has 154 valence electrons. The maximum atomic E-state index is 12.8. The number of sulfonamides is 1. The lowest BCUT2D eigenvalue weighted by Crippen LogP contribution is -2.27. The molecule has 10 heteroatoms. The van der Waals surface area contributed by atoms with Crippen molar-refractivity contribution in [3.63, 3.8) is 0 Å². The van der Waals surface area contributed by atoms with Gasteiger partial charge in [-0.15, -0.1) is 0 Å². The highest BCUT2D eigenvalue weighted by Crippen LogP contribution is 2.23. The lowest BCUT2D eigenvalue weighted by molar-refractivity contribution is 0.101. The van der Waals surface area contributed by atoms with Gasteiger partial charge in [0.15, 0.2) is 0 Å². The average Bonchev–Trinajstić information content (AvgIpc) is 3.40. The zero-order valence-corrected chi connectivity index (χ0v) is 17.4. The Labute approximate surface area is 168 Å². The predicted molar refractivity (Wildman–Crippen MR) is 110 cm³/mol. The van der Waals surface area contributed by atoms with Gasteiger partial charge in [-0.2, -0.15) is 4.31 Å². The Hall–Kier alpha value is -2.85. The molecule has 3 aromatic rings. The number of nitrogens with one attached hydrogen (secondary N) is 1. The molecule has 0 bridgehead atoms. The predicted octanol–water partition coefficient (Wildman–Crippen LogP) is 1.25. The molecule has 1 saturated heterocycles. The number of aromatic nitrogens is 3. The number of carbonyl (C=O) groups is 1. The van der Waals surface area contributed by atoms with Crippen molar-refractivity contribution in [1.29, 1.82) is 0 Å². The molecule has 0 saturated carbocycles. The van der Waals surface area contributed by atoms with Crippen LogP contribution in [0.1, 0.15) is 23.3 Å². The van der Waals surface area contributed by atoms with Gasteiger partial charge in [0.1, 0.15) is 10.6 Å². The van der Waals surface area contributed by atoms with Gasteiger partial charge in [0.25, 0.3) is 5.91 Å². The molecule has 29 heavy (non-hydrogen) atoms. The molecule has 1 N–H and O–H groups in total. The van der Waals surface area contributed by atoms with Crippen LogP contribution >= 0.6 is 0 Å². The molecule has 4 rings (SSSR count). The summed E-state index contributed by atoms with van der Waals surface area (Å²) in [7, 11) is 1.41. The van der Waals surface area contributed by atoms with E-state index in [1.807, 2.05) is 0 Å². The van der Waals surface area contributed by atoms with Crippen molar-refractivity contribution in [3.8, 4) is 0 Å². The van der Waals surface area contributed by atoms with E-state index in [1.54, 1.807) is 39.3 Å². The third kappa shape index (κ3) is 3.18. The molecule has 1 aromatic carbocycles. The Kier molecular flexibility index (Phi) is 4.62. The largest absolute Gasteiger partial charge is 0.345 e. The van der Waals surface area contributed by atoms with Crippen molar-refractivity contribution < 1.29 is 13.2 Å². The van der Waals surface area contributed by atoms with Gasteiger partial charge in [0.2, 0.25) is 10.0 Å². The van der Waals surface area contributed by atoms with Crippen molar-refractivity contribution in [3.05, 3.63) is 46.6 Å². The Balaban J connectivity index is 1.62. The second-order valence-electron chi connectivity index (χ2n) is 7.34. The Bertz CT molecular complexity index is 1280. The second-order valence-corrected chi connectivity index (χ2v) is 9.28. The molecular weight excluding hydrogens is 394 g/mol. The van der Waals surface area contributed by atoms with Crippen molar-refractivity contribution >= 4 is 32.7 Å². The summed E-state index contributed by atoms with van der Waals surface area (Å²) in [5.74, 6) is -0.421. The summed E-state index contributed by atoms with van der Waals surface area (Å²) in [6, 6.07) is 6.60. The average molecular weight is 417 g/mol. The van der Waals surface area contributed by atoms with E-state index in [1.165, 1.54) is 30.3 Å². The van der Waals surface area contributed by atoms with Gasteiger partial charge in [0, 0.05) is 46.1 Å². The van der Waals surface area contributed by atoms with E-state index in [2.05, 4.69) is 5.32 Å². The quantitative estimate of drug-likeness (QED) is 0.691. The molecule has 1 amide bonds. The SMILES string of the molecule is Cn1cc(S(=O)(=O)N2CCCC2)cc1C(=O)Nc1ccc2c(c1)n(C)c(=O)n2C. The standard InChI is InChI=1S/C19H23N5O4S/c1-21-12-14(29(27,28)24-8-4-5-9-24)11-17(21)18(25)20-13-6-7-15-16(10-13)23(3)19(26)22(15)2/h6-7,10-12H,4-5,8-9H2,1-3H3,(H,20,25). The monoisotopic (exact) mass is 417 g/mol. The first kappa shape index (κ1) is 19.5. The number of rotatable bonds is 4. The molecule has 1 fully saturated rings. The summed E-state index contributed by atoms with van der Waals surface area (Å²) >= 11 is 0. The molecule has 0 aliphatic carbocycles. The van der Waals surface area contributed by atoms with Crippen LogP contribution in [0, 0.1) is 0 Å². The van der Waals surface area contributed by atoms with Crippen LogP contribution < -0.4 is 11.0 Å². The first-order valence-corrected chi connectivity index (χ1v) is 10.8. The topological polar surface area (TPSA) is 98.3 Å². The molecule has 0 spiro atoms. The van der Waals surface area contributed by atoms with Crippen molar-refractivity contribution in [2.75, 3.05) is 18.4 Å². The van der Waals surface area contributed by atoms with Crippen LogP contribution in [-0.4, -0.2) is 45.4 Å².